The van der Waals surface area contributed by atoms with Crippen molar-refractivity contribution in [3.05, 3.63) is 205 Å². The Balaban J connectivity index is 0.000000149. The second-order valence-electron chi connectivity index (χ2n) is 19.9. The Kier molecular flexibility index (Phi) is 18.2. The minimum atomic E-state index is -0.627. The molecule has 12 aromatic rings. The van der Waals surface area contributed by atoms with Crippen molar-refractivity contribution in [2.24, 2.45) is 56.4 Å². The predicted molar refractivity (Wildman–Crippen MR) is 328 cm³/mol. The van der Waals surface area contributed by atoms with E-state index in [4.69, 9.17) is 36.0 Å². The van der Waals surface area contributed by atoms with Gasteiger partial charge >= 0.3 is 22.8 Å². The summed E-state index contributed by atoms with van der Waals surface area (Å²) in [5.41, 5.74) is 3.59. The summed E-state index contributed by atoms with van der Waals surface area (Å²) in [5.74, 6) is 2.92. The van der Waals surface area contributed by atoms with Crippen molar-refractivity contribution in [2.45, 2.75) is 54.1 Å². The largest absolute Gasteiger partial charge is 0.488 e. The lowest BCUT2D eigenvalue weighted by atomic mass is 10.2. The van der Waals surface area contributed by atoms with Gasteiger partial charge in [0.1, 0.15) is 59.2 Å². The number of halogens is 3. The standard InChI is InChI=1S/C14H15BrN6O2.C14H15ClN6O2.C14H15FN6O2.C14H16N6O2/c3*1-9-6-4-5-7-11(9)23-8-10-12(15)19(2)16-13(10)21-14(22)20(3)17-18-21;1-10-6-4-5-7-12(10)22-9-11-8-18(2)15-13(11)20-14(21)19(3)16-17-20/h3*4-7H,8H2,1-3H3;4-8H,9H2,1-3H3/i4*4T. The van der Waals surface area contributed by atoms with Crippen LogP contribution in [0.1, 0.15) is 50.0 Å². The average molecular weight is 1340 g/mol. The molecule has 0 fully saturated rings. The van der Waals surface area contributed by atoms with Crippen LogP contribution in [0.5, 0.6) is 23.0 Å². The highest BCUT2D eigenvalue weighted by molar-refractivity contribution is 9.10. The molecule has 474 valence electrons. The zero-order valence-electron chi connectivity index (χ0n) is 55.0. The molecule has 35 heteroatoms. The third-order valence-electron chi connectivity index (χ3n) is 13.3. The van der Waals surface area contributed by atoms with Gasteiger partial charge in [0, 0.05) is 62.6 Å². The number of ether oxygens (including phenoxy) is 4. The van der Waals surface area contributed by atoms with Gasteiger partial charge in [0.25, 0.3) is 0 Å². The molecule has 12 rings (SSSR count). The van der Waals surface area contributed by atoms with Gasteiger partial charge in [0.15, 0.2) is 23.3 Å². The fourth-order valence-corrected chi connectivity index (χ4v) is 8.88. The molecule has 0 spiro atoms. The Morgan fingerprint density at radius 1 is 0.429 bits per heavy atom. The lowest BCUT2D eigenvalue weighted by Gasteiger charge is -2.09. The van der Waals surface area contributed by atoms with Crippen molar-refractivity contribution in [2.75, 3.05) is 0 Å². The molecule has 0 atom stereocenters. The fraction of sp³-hybridized carbons (Fsp3) is 0.286. The van der Waals surface area contributed by atoms with E-state index in [2.05, 4.69) is 78.0 Å². The van der Waals surface area contributed by atoms with Gasteiger partial charge in [-0.3, -0.25) is 14.0 Å². The van der Waals surface area contributed by atoms with Crippen molar-refractivity contribution < 1.29 is 28.8 Å². The lowest BCUT2D eigenvalue weighted by Crippen LogP contribution is -2.23. The summed E-state index contributed by atoms with van der Waals surface area (Å²) in [4.78, 5) is 48.1. The van der Waals surface area contributed by atoms with E-state index < -0.39 is 23.0 Å². The predicted octanol–water partition coefficient (Wildman–Crippen LogP) is 3.90. The molecule has 0 aliphatic rings. The monoisotopic (exact) mass is 1340 g/mol. The first-order chi connectivity index (χ1) is 45.1. The van der Waals surface area contributed by atoms with E-state index in [0.717, 1.165) is 64.4 Å². The molecule has 0 saturated heterocycles. The first kappa shape index (κ1) is 59.1. The van der Waals surface area contributed by atoms with Crippen molar-refractivity contribution in [3.63, 3.8) is 0 Å². The highest BCUT2D eigenvalue weighted by Gasteiger charge is 2.25. The lowest BCUT2D eigenvalue weighted by molar-refractivity contribution is 0.295. The Morgan fingerprint density at radius 2 is 0.758 bits per heavy atom. The number of hydrogen-bond acceptors (Lipinski definition) is 20. The number of benzene rings is 4. The maximum atomic E-state index is 14.3. The molecule has 91 heavy (non-hydrogen) atoms. The second kappa shape index (κ2) is 28.1. The van der Waals surface area contributed by atoms with Gasteiger partial charge in [-0.2, -0.15) is 38.4 Å². The summed E-state index contributed by atoms with van der Waals surface area (Å²) >= 11 is 9.73. The highest BCUT2D eigenvalue weighted by atomic mass is 79.9. The molecule has 32 nitrogen and oxygen atoms in total. The number of aryl methyl sites for hydroxylation is 12. The summed E-state index contributed by atoms with van der Waals surface area (Å²) in [6.45, 7) is 7.77. The Morgan fingerprint density at radius 3 is 1.14 bits per heavy atom. The third kappa shape index (κ3) is 14.3. The van der Waals surface area contributed by atoms with E-state index in [0.29, 0.717) is 85.3 Å². The first-order valence-corrected chi connectivity index (χ1v) is 28.2. The fourth-order valence-electron chi connectivity index (χ4n) is 8.33. The number of nitrogens with zero attached hydrogens (tertiary/aromatic N) is 24. The van der Waals surface area contributed by atoms with Crippen LogP contribution >= 0.6 is 27.5 Å². The highest BCUT2D eigenvalue weighted by Crippen LogP contribution is 2.28. The van der Waals surface area contributed by atoms with E-state index >= 15 is 0 Å². The maximum absolute atomic E-state index is 14.3. The van der Waals surface area contributed by atoms with Gasteiger partial charge in [0.05, 0.1) is 27.7 Å². The van der Waals surface area contributed by atoms with Crippen molar-refractivity contribution in [1.29, 1.82) is 0 Å². The SMILES string of the molecule is [3H]c1ccc(OCc2c(-n3nnn(C)c3=O)nn(C)c2Br)c(C)c1.[3H]c1ccc(OCc2c(-n3nnn(C)c3=O)nn(C)c2Cl)c(C)c1.[3H]c1ccc(OCc2c(-n3nnn(C)c3=O)nn(C)c2F)c(C)c1.[3H]c1ccc(OCc2cn(C)nc2-n2nnn(C)c2=O)c(C)c1. The van der Waals surface area contributed by atoms with E-state index in [-0.39, 0.29) is 49.3 Å². The molecule has 0 bridgehead atoms. The van der Waals surface area contributed by atoms with Crippen molar-refractivity contribution in [3.8, 4) is 46.3 Å². The molecule has 0 aliphatic heterocycles. The third-order valence-corrected chi connectivity index (χ3v) is 14.8. The normalized spacial score (nSPS) is 11.5. The van der Waals surface area contributed by atoms with Crippen LogP contribution in [0.25, 0.3) is 23.3 Å². The van der Waals surface area contributed by atoms with Gasteiger partial charge in [-0.15, -0.1) is 23.8 Å². The van der Waals surface area contributed by atoms with Crippen LogP contribution in [0.4, 0.5) is 4.39 Å². The van der Waals surface area contributed by atoms with Crippen LogP contribution in [-0.4, -0.2) is 118 Å². The van der Waals surface area contributed by atoms with Crippen LogP contribution in [0.2, 0.25) is 5.15 Å². The molecule has 0 unspecified atom stereocenters. The zero-order chi connectivity index (χ0) is 68.9. The molecule has 8 heterocycles. The minimum Gasteiger partial charge on any atom is -0.488 e. The summed E-state index contributed by atoms with van der Waals surface area (Å²) in [6, 6.07) is 21.8. The maximum Gasteiger partial charge on any atom is 0.369 e. The van der Waals surface area contributed by atoms with Gasteiger partial charge in [0.2, 0.25) is 5.95 Å². The molecule has 0 amide bonds. The van der Waals surface area contributed by atoms with Crippen LogP contribution in [0, 0.1) is 33.6 Å². The Labute approximate surface area is 534 Å². The van der Waals surface area contributed by atoms with Gasteiger partial charge in [-0.25, -0.2) is 23.9 Å². The van der Waals surface area contributed by atoms with Crippen LogP contribution in [-0.2, 0) is 82.8 Å². The number of tetrazole rings is 4. The Bertz CT molecular complexity index is 4660. The summed E-state index contributed by atoms with van der Waals surface area (Å²) in [5, 5.41) is 46.9. The van der Waals surface area contributed by atoms with Crippen molar-refractivity contribution >= 4 is 27.5 Å². The molecule has 0 N–H and O–H groups in total. The van der Waals surface area contributed by atoms with Gasteiger partial charge in [-0.1, -0.05) is 84.3 Å². The average Bonchev–Trinajstić information content (AvgIpc) is 1.67. The van der Waals surface area contributed by atoms with Gasteiger partial charge in [-0.05, 0) is 132 Å². The Hall–Kier alpha value is -10.9. The van der Waals surface area contributed by atoms with E-state index in [1.54, 1.807) is 116 Å². The molecule has 0 aliphatic carbocycles. The van der Waals surface area contributed by atoms with E-state index in [1.165, 1.54) is 39.9 Å². The summed E-state index contributed by atoms with van der Waals surface area (Å²) in [7, 11) is 12.6. The molecule has 4 aromatic carbocycles. The molecular weight excluding hydrogens is 1270 g/mol. The van der Waals surface area contributed by atoms with E-state index in [1.807, 2.05) is 20.8 Å². The van der Waals surface area contributed by atoms with Crippen molar-refractivity contribution in [1.82, 2.24) is 118 Å². The zero-order valence-corrected chi connectivity index (χ0v) is 53.3. The molecular formula is C56H61BrClFN24O8. The first-order valence-electron chi connectivity index (χ1n) is 29.0. The van der Waals surface area contributed by atoms with Crippen LogP contribution in [0.15, 0.2) is 127 Å². The van der Waals surface area contributed by atoms with E-state index in [9.17, 15) is 23.6 Å². The summed E-state index contributed by atoms with van der Waals surface area (Å²) < 4.78 is 82.7. The second-order valence-corrected chi connectivity index (χ2v) is 21.0. The smallest absolute Gasteiger partial charge is 0.369 e. The number of para-hydroxylation sites is 4. The quantitative estimate of drug-likeness (QED) is 0.132. The number of aromatic nitrogens is 24. The topological polar surface area (TPSA) is 319 Å². The number of hydrogen-bond donors (Lipinski definition) is 0. The molecule has 0 radical (unpaired) electrons. The van der Waals surface area contributed by atoms with Crippen LogP contribution < -0.4 is 41.7 Å². The molecule has 0 saturated carbocycles. The summed E-state index contributed by atoms with van der Waals surface area (Å²) in [6.07, 6.45) is 1.77. The molecule has 8 aromatic heterocycles. The minimum absolute atomic E-state index is 0.0304. The van der Waals surface area contributed by atoms with Crippen LogP contribution in [0.3, 0.4) is 0 Å². The number of rotatable bonds is 16. The van der Waals surface area contributed by atoms with Gasteiger partial charge < -0.3 is 18.9 Å².